The molecule has 0 amide bonds. The number of ether oxygens (including phenoxy) is 1. The van der Waals surface area contributed by atoms with Crippen molar-refractivity contribution in [3.05, 3.63) is 34.7 Å². The predicted octanol–water partition coefficient (Wildman–Crippen LogP) is 4.17. The quantitative estimate of drug-likeness (QED) is 0.615. The molecule has 2 aromatic rings. The van der Waals surface area contributed by atoms with E-state index < -0.39 is 22.9 Å². The van der Waals surface area contributed by atoms with Crippen LogP contribution < -0.4 is 5.32 Å². The van der Waals surface area contributed by atoms with Gasteiger partial charge in [-0.1, -0.05) is 24.4 Å². The van der Waals surface area contributed by atoms with Crippen molar-refractivity contribution in [2.45, 2.75) is 69.1 Å². The summed E-state index contributed by atoms with van der Waals surface area (Å²) >= 11 is 6.44. The van der Waals surface area contributed by atoms with Gasteiger partial charge in [0.25, 0.3) is 0 Å². The Labute approximate surface area is 197 Å². The molecule has 0 radical (unpaired) electrons. The van der Waals surface area contributed by atoms with Gasteiger partial charge in [-0.2, -0.15) is 0 Å². The minimum atomic E-state index is -1.15. The lowest BCUT2D eigenvalue weighted by atomic mass is 9.71. The van der Waals surface area contributed by atoms with E-state index in [1.807, 2.05) is 6.07 Å². The van der Waals surface area contributed by atoms with Crippen molar-refractivity contribution in [1.82, 2.24) is 9.97 Å². The van der Waals surface area contributed by atoms with Crippen LogP contribution in [0.25, 0.3) is 11.3 Å². The summed E-state index contributed by atoms with van der Waals surface area (Å²) in [6.07, 6.45) is 5.06. The van der Waals surface area contributed by atoms with Gasteiger partial charge < -0.3 is 20.3 Å². The first-order valence-electron chi connectivity index (χ1n) is 11.4. The molecule has 1 spiro atoms. The van der Waals surface area contributed by atoms with Crippen molar-refractivity contribution < 1.29 is 19.3 Å². The number of aliphatic hydroxyl groups excluding tert-OH is 1. The minimum absolute atomic E-state index is 0.242. The molecule has 33 heavy (non-hydrogen) atoms. The van der Waals surface area contributed by atoms with Gasteiger partial charge in [-0.25, -0.2) is 14.4 Å². The van der Waals surface area contributed by atoms with Crippen LogP contribution in [0.5, 0.6) is 0 Å². The molecule has 1 saturated carbocycles. The molecular formula is C24H28ClFN4O3. The highest BCUT2D eigenvalue weighted by Crippen LogP contribution is 2.54. The first-order chi connectivity index (χ1) is 15.7. The minimum Gasteiger partial charge on any atom is -0.389 e. The topological polar surface area (TPSA) is 99.9 Å². The molecule has 3 heterocycles. The monoisotopic (exact) mass is 474 g/mol. The van der Waals surface area contributed by atoms with Crippen LogP contribution in [0, 0.1) is 5.82 Å². The fraction of sp³-hybridized carbons (Fsp3) is 0.542. The second-order valence-corrected chi connectivity index (χ2v) is 10.1. The van der Waals surface area contributed by atoms with E-state index in [4.69, 9.17) is 16.3 Å². The maximum absolute atomic E-state index is 15.4. The third-order valence-corrected chi connectivity index (χ3v) is 7.23. The van der Waals surface area contributed by atoms with Crippen LogP contribution in [0.2, 0.25) is 5.02 Å². The number of hydrogen-bond acceptors (Lipinski definition) is 7. The Kier molecular flexibility index (Phi) is 5.68. The Balaban J connectivity index is 1.55. The maximum atomic E-state index is 15.4. The summed E-state index contributed by atoms with van der Waals surface area (Å²) in [5, 5.41) is 24.4. The number of hydrogen-bond donors (Lipinski definition) is 3. The summed E-state index contributed by atoms with van der Waals surface area (Å²) < 4.78 is 20.6. The summed E-state index contributed by atoms with van der Waals surface area (Å²) in [4.78, 5) is 13.4. The molecule has 1 aromatic heterocycles. The average molecular weight is 475 g/mol. The number of halogens is 2. The number of rotatable bonds is 4. The van der Waals surface area contributed by atoms with Gasteiger partial charge in [-0.3, -0.25) is 4.99 Å². The van der Waals surface area contributed by atoms with Crippen molar-refractivity contribution in [2.75, 3.05) is 18.5 Å². The Morgan fingerprint density at radius 2 is 2.03 bits per heavy atom. The molecule has 176 valence electrons. The highest BCUT2D eigenvalue weighted by molar-refractivity contribution is 6.33. The number of anilines is 1. The highest BCUT2D eigenvalue weighted by Gasteiger charge is 2.51. The number of aromatic nitrogens is 2. The Morgan fingerprint density at radius 1 is 1.27 bits per heavy atom. The van der Waals surface area contributed by atoms with Crippen molar-refractivity contribution in [3.63, 3.8) is 0 Å². The van der Waals surface area contributed by atoms with E-state index in [-0.39, 0.29) is 12.6 Å². The van der Waals surface area contributed by atoms with E-state index in [1.165, 1.54) is 12.3 Å². The largest absolute Gasteiger partial charge is 0.389 e. The second kappa shape index (κ2) is 8.27. The molecular weight excluding hydrogens is 447 g/mol. The standard InChI is InChI=1S/C24H28ClFN4O3/c1-23(2,32)21-24(6-3-4-7-24)14-9-13(10-16(26)20(14)29-21)19-15(25)11-27-22(30-19)28-17-5-8-33-12-18(17)31/h9-11,17-18,31-32H,3-8,12H2,1-2H3,(H,27,28,30). The molecule has 2 atom stereocenters. The molecule has 3 aliphatic rings. The molecule has 0 bridgehead atoms. The fourth-order valence-electron chi connectivity index (χ4n) is 5.46. The van der Waals surface area contributed by atoms with Gasteiger partial charge in [0.2, 0.25) is 5.95 Å². The SMILES string of the molecule is CC(C)(O)C1=Nc2c(F)cc(-c3nc(NC4CCOCC4O)ncc3Cl)cc2C12CCCC2. The number of nitrogens with zero attached hydrogens (tertiary/aromatic N) is 3. The lowest BCUT2D eigenvalue weighted by molar-refractivity contribution is -0.0136. The molecule has 3 N–H and O–H groups in total. The van der Waals surface area contributed by atoms with Gasteiger partial charge in [0.1, 0.15) is 11.5 Å². The maximum Gasteiger partial charge on any atom is 0.223 e. The summed E-state index contributed by atoms with van der Waals surface area (Å²) in [6.45, 7) is 4.21. The lowest BCUT2D eigenvalue weighted by Crippen LogP contribution is -2.44. The number of aliphatic imine (C=N–C) groups is 1. The van der Waals surface area contributed by atoms with Crippen molar-refractivity contribution in [3.8, 4) is 11.3 Å². The van der Waals surface area contributed by atoms with E-state index in [1.54, 1.807) is 13.8 Å². The highest BCUT2D eigenvalue weighted by atomic mass is 35.5. The normalized spacial score (nSPS) is 24.1. The zero-order valence-corrected chi connectivity index (χ0v) is 19.5. The molecule has 2 fully saturated rings. The summed E-state index contributed by atoms with van der Waals surface area (Å²) in [6, 6.07) is 3.06. The summed E-state index contributed by atoms with van der Waals surface area (Å²) in [5.74, 6) is -0.151. The van der Waals surface area contributed by atoms with Crippen molar-refractivity contribution in [1.29, 1.82) is 0 Å². The smallest absolute Gasteiger partial charge is 0.223 e. The third-order valence-electron chi connectivity index (χ3n) is 6.95. The van der Waals surface area contributed by atoms with Gasteiger partial charge in [0.05, 0.1) is 47.0 Å². The molecule has 1 saturated heterocycles. The van der Waals surface area contributed by atoms with Gasteiger partial charge in [-0.05, 0) is 50.8 Å². The van der Waals surface area contributed by atoms with E-state index in [2.05, 4.69) is 20.3 Å². The van der Waals surface area contributed by atoms with Gasteiger partial charge >= 0.3 is 0 Å². The van der Waals surface area contributed by atoms with E-state index in [0.29, 0.717) is 46.7 Å². The third kappa shape index (κ3) is 3.93. The molecule has 5 rings (SSSR count). The molecule has 2 aliphatic heterocycles. The van der Waals surface area contributed by atoms with Crippen LogP contribution in [0.4, 0.5) is 16.0 Å². The number of aliphatic hydroxyl groups is 2. The predicted molar refractivity (Wildman–Crippen MR) is 125 cm³/mol. The van der Waals surface area contributed by atoms with Crippen LogP contribution in [0.15, 0.2) is 23.3 Å². The zero-order valence-electron chi connectivity index (χ0n) is 18.7. The Morgan fingerprint density at radius 3 is 2.73 bits per heavy atom. The number of nitrogens with one attached hydrogen (secondary N) is 1. The van der Waals surface area contributed by atoms with Gasteiger partial charge in [-0.15, -0.1) is 0 Å². The van der Waals surface area contributed by atoms with E-state index in [0.717, 1.165) is 31.2 Å². The van der Waals surface area contributed by atoms with Crippen LogP contribution in [0.1, 0.15) is 51.5 Å². The second-order valence-electron chi connectivity index (χ2n) is 9.73. The van der Waals surface area contributed by atoms with Crippen molar-refractivity contribution in [2.24, 2.45) is 4.99 Å². The average Bonchev–Trinajstić information content (AvgIpc) is 3.37. The molecule has 7 nitrogen and oxygen atoms in total. The molecule has 9 heteroatoms. The van der Waals surface area contributed by atoms with Crippen LogP contribution in [-0.2, 0) is 10.2 Å². The first-order valence-corrected chi connectivity index (χ1v) is 11.8. The Bertz CT molecular complexity index is 1110. The number of benzene rings is 1. The van der Waals surface area contributed by atoms with Crippen LogP contribution in [-0.4, -0.2) is 56.9 Å². The molecule has 1 aromatic carbocycles. The number of fused-ring (bicyclic) bond motifs is 2. The fourth-order valence-corrected chi connectivity index (χ4v) is 5.66. The molecule has 2 unspecified atom stereocenters. The lowest BCUT2D eigenvalue weighted by Gasteiger charge is -2.33. The summed E-state index contributed by atoms with van der Waals surface area (Å²) in [7, 11) is 0. The van der Waals surface area contributed by atoms with E-state index >= 15 is 4.39 Å². The summed E-state index contributed by atoms with van der Waals surface area (Å²) in [5.41, 5.74) is 1.03. The van der Waals surface area contributed by atoms with Gasteiger partial charge in [0, 0.05) is 17.6 Å². The van der Waals surface area contributed by atoms with E-state index in [9.17, 15) is 10.2 Å². The molecule has 1 aliphatic carbocycles. The van der Waals surface area contributed by atoms with Gasteiger partial charge in [0.15, 0.2) is 0 Å². The van der Waals surface area contributed by atoms with Crippen LogP contribution >= 0.6 is 11.6 Å². The zero-order chi connectivity index (χ0) is 23.4. The van der Waals surface area contributed by atoms with Crippen LogP contribution in [0.3, 0.4) is 0 Å². The Hall–Kier alpha value is -2.13. The van der Waals surface area contributed by atoms with Crippen molar-refractivity contribution >= 4 is 28.9 Å². The first kappa shape index (κ1) is 22.7.